The summed E-state index contributed by atoms with van der Waals surface area (Å²) < 4.78 is 5.72. The average molecular weight is 392 g/mol. The van der Waals surface area contributed by atoms with E-state index in [0.717, 1.165) is 11.3 Å². The van der Waals surface area contributed by atoms with E-state index < -0.39 is 17.4 Å². The average Bonchev–Trinajstić information content (AvgIpc) is 3.11. The minimum Gasteiger partial charge on any atom is -0.489 e. The molecule has 3 rings (SSSR count). The number of rotatable bonds is 6. The number of hydrogen-bond acceptors (Lipinski definition) is 4. The zero-order valence-corrected chi connectivity index (χ0v) is 15.5. The summed E-state index contributed by atoms with van der Waals surface area (Å²) in [4.78, 5) is 24.1. The minimum atomic E-state index is -1.19. The molecule has 2 aromatic rings. The molecule has 1 aliphatic heterocycles. The van der Waals surface area contributed by atoms with Crippen molar-refractivity contribution in [3.05, 3.63) is 64.7 Å². The first-order valence-electron chi connectivity index (χ1n) is 8.09. The van der Waals surface area contributed by atoms with E-state index in [1.54, 1.807) is 36.4 Å². The van der Waals surface area contributed by atoms with E-state index in [2.05, 4.69) is 5.32 Å². The van der Waals surface area contributed by atoms with Crippen LogP contribution in [0.25, 0.3) is 0 Å². The number of thioether (sulfide) groups is 1. The number of ether oxygens (including phenoxy) is 1. The highest BCUT2D eigenvalue weighted by atomic mass is 35.5. The molecule has 1 atom stereocenters. The first kappa shape index (κ1) is 18.6. The lowest BCUT2D eigenvalue weighted by Crippen LogP contribution is -2.54. The predicted octanol–water partition coefficient (Wildman–Crippen LogP) is 3.61. The molecule has 5 nitrogen and oxygen atoms in total. The Hall–Kier alpha value is -2.18. The van der Waals surface area contributed by atoms with Crippen molar-refractivity contribution in [2.45, 2.75) is 18.6 Å². The number of amides is 1. The Morgan fingerprint density at radius 2 is 2.00 bits per heavy atom. The molecule has 0 bridgehead atoms. The summed E-state index contributed by atoms with van der Waals surface area (Å²) in [6.07, 6.45) is 0.422. The molecule has 1 fully saturated rings. The summed E-state index contributed by atoms with van der Waals surface area (Å²) in [5.74, 6) is 0.230. The fraction of sp³-hybridized carbons (Fsp3) is 0.263. The van der Waals surface area contributed by atoms with Crippen LogP contribution >= 0.6 is 23.4 Å². The topological polar surface area (TPSA) is 75.6 Å². The van der Waals surface area contributed by atoms with Gasteiger partial charge in [-0.05, 0) is 48.1 Å². The Kier molecular flexibility index (Phi) is 5.74. The van der Waals surface area contributed by atoms with Crippen LogP contribution in [0.15, 0.2) is 48.5 Å². The molecular weight excluding hydrogens is 374 g/mol. The Labute approximate surface area is 160 Å². The summed E-state index contributed by atoms with van der Waals surface area (Å²) in [5.41, 5.74) is 0.134. The predicted molar refractivity (Wildman–Crippen MR) is 102 cm³/mol. The fourth-order valence-electron chi connectivity index (χ4n) is 2.65. The molecule has 0 aliphatic carbocycles. The second-order valence-electron chi connectivity index (χ2n) is 6.09. The highest BCUT2D eigenvalue weighted by molar-refractivity contribution is 7.99. The fourth-order valence-corrected chi connectivity index (χ4v) is 4.10. The molecular formula is C19H18ClNO4S. The maximum absolute atomic E-state index is 12.5. The van der Waals surface area contributed by atoms with Gasteiger partial charge in [-0.25, -0.2) is 4.79 Å². The smallest absolute Gasteiger partial charge is 0.330 e. The van der Waals surface area contributed by atoms with Gasteiger partial charge in [0, 0.05) is 16.3 Å². The highest BCUT2D eigenvalue weighted by Crippen LogP contribution is 2.29. The molecule has 1 unspecified atom stereocenters. The molecule has 0 aromatic heterocycles. The number of carbonyl (C=O) groups excluding carboxylic acids is 1. The third kappa shape index (κ3) is 4.31. The number of hydrogen-bond donors (Lipinski definition) is 2. The molecule has 26 heavy (non-hydrogen) atoms. The third-order valence-corrected chi connectivity index (χ3v) is 5.64. The van der Waals surface area contributed by atoms with Crippen molar-refractivity contribution in [3.8, 4) is 5.75 Å². The number of carbonyl (C=O) groups is 2. The summed E-state index contributed by atoms with van der Waals surface area (Å²) >= 11 is 7.39. The SMILES string of the molecule is O=C(NC1(C(=O)O)CCSC1)c1cccc(OCc2ccc(Cl)cc2)c1. The number of halogens is 1. The highest BCUT2D eigenvalue weighted by Gasteiger charge is 2.43. The van der Waals surface area contributed by atoms with Gasteiger partial charge in [0.15, 0.2) is 0 Å². The van der Waals surface area contributed by atoms with Crippen LogP contribution in [-0.4, -0.2) is 34.0 Å². The van der Waals surface area contributed by atoms with Crippen molar-refractivity contribution in [3.63, 3.8) is 0 Å². The molecule has 1 aliphatic rings. The summed E-state index contributed by atoms with van der Waals surface area (Å²) in [5, 5.41) is 12.8. The van der Waals surface area contributed by atoms with Gasteiger partial charge in [0.05, 0.1) is 0 Å². The summed E-state index contributed by atoms with van der Waals surface area (Å²) in [6, 6.07) is 14.0. The van der Waals surface area contributed by atoms with E-state index in [0.29, 0.717) is 35.1 Å². The minimum absolute atomic E-state index is 0.345. The number of benzene rings is 2. The zero-order valence-electron chi connectivity index (χ0n) is 13.9. The van der Waals surface area contributed by atoms with E-state index in [1.165, 1.54) is 11.8 Å². The van der Waals surface area contributed by atoms with Gasteiger partial charge in [-0.2, -0.15) is 11.8 Å². The van der Waals surface area contributed by atoms with Crippen molar-refractivity contribution in [1.82, 2.24) is 5.32 Å². The largest absolute Gasteiger partial charge is 0.489 e. The van der Waals surface area contributed by atoms with Crippen LogP contribution in [0.5, 0.6) is 5.75 Å². The molecule has 0 saturated carbocycles. The van der Waals surface area contributed by atoms with Gasteiger partial charge in [-0.3, -0.25) is 4.79 Å². The van der Waals surface area contributed by atoms with Crippen molar-refractivity contribution in [2.24, 2.45) is 0 Å². The summed E-state index contributed by atoms with van der Waals surface area (Å²) in [7, 11) is 0. The van der Waals surface area contributed by atoms with Crippen LogP contribution in [0.3, 0.4) is 0 Å². The molecule has 0 spiro atoms. The number of aliphatic carboxylic acids is 1. The molecule has 1 amide bonds. The molecule has 7 heteroatoms. The van der Waals surface area contributed by atoms with Crippen LogP contribution in [0.1, 0.15) is 22.3 Å². The Morgan fingerprint density at radius 3 is 2.65 bits per heavy atom. The molecule has 136 valence electrons. The van der Waals surface area contributed by atoms with Gasteiger partial charge < -0.3 is 15.2 Å². The first-order chi connectivity index (χ1) is 12.5. The second-order valence-corrected chi connectivity index (χ2v) is 7.63. The lowest BCUT2D eigenvalue weighted by atomic mass is 9.98. The molecule has 2 aromatic carbocycles. The van der Waals surface area contributed by atoms with Crippen LogP contribution in [0, 0.1) is 0 Å². The van der Waals surface area contributed by atoms with Gasteiger partial charge >= 0.3 is 5.97 Å². The third-order valence-electron chi connectivity index (χ3n) is 4.20. The van der Waals surface area contributed by atoms with Crippen LogP contribution in [0.4, 0.5) is 0 Å². The molecule has 1 saturated heterocycles. The number of nitrogens with one attached hydrogen (secondary N) is 1. The van der Waals surface area contributed by atoms with E-state index in [-0.39, 0.29) is 0 Å². The molecule has 2 N–H and O–H groups in total. The van der Waals surface area contributed by atoms with Gasteiger partial charge in [-0.15, -0.1) is 0 Å². The normalized spacial score (nSPS) is 19.1. The summed E-state index contributed by atoms with van der Waals surface area (Å²) in [6.45, 7) is 0.345. The Bertz CT molecular complexity index is 803. The van der Waals surface area contributed by atoms with E-state index >= 15 is 0 Å². The quantitative estimate of drug-likeness (QED) is 0.786. The Morgan fingerprint density at radius 1 is 1.23 bits per heavy atom. The van der Waals surface area contributed by atoms with Crippen molar-refractivity contribution in [1.29, 1.82) is 0 Å². The number of carboxylic acids is 1. The number of carboxylic acid groups (broad SMARTS) is 1. The monoisotopic (exact) mass is 391 g/mol. The zero-order chi connectivity index (χ0) is 18.6. The maximum atomic E-state index is 12.5. The molecule has 1 heterocycles. The van der Waals surface area contributed by atoms with Crippen LogP contribution in [-0.2, 0) is 11.4 Å². The van der Waals surface area contributed by atoms with Gasteiger partial charge in [0.2, 0.25) is 0 Å². The van der Waals surface area contributed by atoms with Gasteiger partial charge in [-0.1, -0.05) is 29.8 Å². The van der Waals surface area contributed by atoms with Crippen molar-refractivity contribution >= 4 is 35.2 Å². The van der Waals surface area contributed by atoms with Gasteiger partial charge in [0.1, 0.15) is 17.9 Å². The van der Waals surface area contributed by atoms with Gasteiger partial charge in [0.25, 0.3) is 5.91 Å². The van der Waals surface area contributed by atoms with E-state index in [4.69, 9.17) is 16.3 Å². The van der Waals surface area contributed by atoms with Crippen molar-refractivity contribution < 1.29 is 19.4 Å². The first-order valence-corrected chi connectivity index (χ1v) is 9.63. The lowest BCUT2D eigenvalue weighted by molar-refractivity contribution is -0.143. The van der Waals surface area contributed by atoms with E-state index in [1.807, 2.05) is 12.1 Å². The van der Waals surface area contributed by atoms with Crippen LogP contribution < -0.4 is 10.1 Å². The Balaban J connectivity index is 1.67. The van der Waals surface area contributed by atoms with Crippen molar-refractivity contribution in [2.75, 3.05) is 11.5 Å². The molecule has 0 radical (unpaired) electrons. The maximum Gasteiger partial charge on any atom is 0.330 e. The second kappa shape index (κ2) is 8.01. The van der Waals surface area contributed by atoms with E-state index in [9.17, 15) is 14.7 Å². The van der Waals surface area contributed by atoms with Crippen LogP contribution in [0.2, 0.25) is 5.02 Å². The standard InChI is InChI=1S/C19H18ClNO4S/c20-15-6-4-13(5-7-15)11-25-16-3-1-2-14(10-16)17(22)21-19(18(23)24)8-9-26-12-19/h1-7,10H,8-9,11-12H2,(H,21,22)(H,23,24). The lowest BCUT2D eigenvalue weighted by Gasteiger charge is -2.24.